The van der Waals surface area contributed by atoms with Gasteiger partial charge in [-0.2, -0.15) is 0 Å². The highest BCUT2D eigenvalue weighted by Crippen LogP contribution is 2.25. The summed E-state index contributed by atoms with van der Waals surface area (Å²) >= 11 is 1.55. The van der Waals surface area contributed by atoms with Gasteiger partial charge < -0.3 is 15.2 Å². The number of aromatic amines is 1. The lowest BCUT2D eigenvalue weighted by Crippen LogP contribution is -2.22. The lowest BCUT2D eigenvalue weighted by Gasteiger charge is -2.13. The molecule has 0 saturated carbocycles. The number of imidazole rings is 1. The second kappa shape index (κ2) is 9.06. The monoisotopic (exact) mass is 430 g/mol. The van der Waals surface area contributed by atoms with E-state index in [1.807, 2.05) is 42.5 Å². The van der Waals surface area contributed by atoms with Crippen LogP contribution in [0.1, 0.15) is 26.3 Å². The van der Waals surface area contributed by atoms with Gasteiger partial charge in [-0.1, -0.05) is 48.2 Å². The van der Waals surface area contributed by atoms with Gasteiger partial charge in [-0.05, 0) is 42.0 Å². The maximum atomic E-state index is 13.0. The minimum Gasteiger partial charge on any atom is -0.345 e. The van der Waals surface area contributed by atoms with Crippen LogP contribution in [0.15, 0.2) is 78.0 Å². The average molecular weight is 431 g/mol. The third kappa shape index (κ3) is 4.78. The zero-order chi connectivity index (χ0) is 21.8. The van der Waals surface area contributed by atoms with Gasteiger partial charge >= 0.3 is 0 Å². The van der Waals surface area contributed by atoms with Crippen LogP contribution in [0.3, 0.4) is 0 Å². The number of fused-ring (bicyclic) bond motifs is 1. The van der Waals surface area contributed by atoms with E-state index in [0.717, 1.165) is 21.8 Å². The summed E-state index contributed by atoms with van der Waals surface area (Å²) in [6.07, 6.45) is 0. The standard InChI is InChI=1S/C24H22N4O2S/c1-28(2)23(30)16-9-7-10-18(14-16)25-22(29)19-11-4-3-8-17(19)15-31-24-26-20-12-5-6-13-21(20)27-24/h3-14H,15H2,1-2H3,(H,25,29)(H,26,27). The molecule has 0 atom stereocenters. The molecule has 0 aliphatic carbocycles. The fourth-order valence-electron chi connectivity index (χ4n) is 3.20. The Morgan fingerprint density at radius 1 is 1.00 bits per heavy atom. The number of thioether (sulfide) groups is 1. The second-order valence-corrected chi connectivity index (χ2v) is 8.20. The normalized spacial score (nSPS) is 10.8. The molecule has 0 radical (unpaired) electrons. The summed E-state index contributed by atoms with van der Waals surface area (Å²) in [4.78, 5) is 34.5. The topological polar surface area (TPSA) is 78.1 Å². The summed E-state index contributed by atoms with van der Waals surface area (Å²) in [5.41, 5.74) is 4.52. The quantitative estimate of drug-likeness (QED) is 0.430. The van der Waals surface area contributed by atoms with Crippen LogP contribution in [-0.4, -0.2) is 40.8 Å². The van der Waals surface area contributed by atoms with Gasteiger partial charge in [0.05, 0.1) is 11.0 Å². The van der Waals surface area contributed by atoms with Crippen LogP contribution in [0.25, 0.3) is 11.0 Å². The number of hydrogen-bond acceptors (Lipinski definition) is 4. The Balaban J connectivity index is 1.49. The number of amides is 2. The van der Waals surface area contributed by atoms with E-state index in [2.05, 4.69) is 15.3 Å². The van der Waals surface area contributed by atoms with Gasteiger partial charge in [0, 0.05) is 36.7 Å². The van der Waals surface area contributed by atoms with Crippen LogP contribution in [0, 0.1) is 0 Å². The maximum Gasteiger partial charge on any atom is 0.255 e. The molecule has 0 unspecified atom stereocenters. The van der Waals surface area contributed by atoms with E-state index in [4.69, 9.17) is 0 Å². The van der Waals surface area contributed by atoms with Gasteiger partial charge in [-0.15, -0.1) is 0 Å². The molecule has 3 aromatic carbocycles. The minimum absolute atomic E-state index is 0.112. The third-order valence-electron chi connectivity index (χ3n) is 4.77. The molecule has 4 rings (SSSR count). The Morgan fingerprint density at radius 3 is 2.58 bits per heavy atom. The van der Waals surface area contributed by atoms with Gasteiger partial charge in [0.15, 0.2) is 5.16 Å². The first kappa shape index (κ1) is 20.7. The first-order valence-electron chi connectivity index (χ1n) is 9.80. The van der Waals surface area contributed by atoms with Gasteiger partial charge in [0.25, 0.3) is 11.8 Å². The molecule has 0 bridgehead atoms. The number of H-pyrrole nitrogens is 1. The zero-order valence-corrected chi connectivity index (χ0v) is 18.1. The molecule has 156 valence electrons. The lowest BCUT2D eigenvalue weighted by atomic mass is 10.1. The number of carbonyl (C=O) groups is 2. The van der Waals surface area contributed by atoms with Gasteiger partial charge in [0.2, 0.25) is 0 Å². The molecule has 1 aromatic heterocycles. The highest BCUT2D eigenvalue weighted by Gasteiger charge is 2.14. The van der Waals surface area contributed by atoms with Crippen molar-refractivity contribution in [2.75, 3.05) is 19.4 Å². The first-order chi connectivity index (χ1) is 15.0. The minimum atomic E-state index is -0.213. The molecule has 0 aliphatic rings. The molecular weight excluding hydrogens is 408 g/mol. The van der Waals surface area contributed by atoms with Gasteiger partial charge in [-0.25, -0.2) is 4.98 Å². The number of anilines is 1. The summed E-state index contributed by atoms with van der Waals surface area (Å²) in [6.45, 7) is 0. The van der Waals surface area contributed by atoms with E-state index in [1.165, 1.54) is 4.90 Å². The second-order valence-electron chi connectivity index (χ2n) is 7.24. The number of para-hydroxylation sites is 2. The average Bonchev–Trinajstić information content (AvgIpc) is 3.20. The highest BCUT2D eigenvalue weighted by molar-refractivity contribution is 7.98. The number of hydrogen-bond donors (Lipinski definition) is 2. The van der Waals surface area contributed by atoms with Gasteiger partial charge in [-0.3, -0.25) is 9.59 Å². The molecule has 0 aliphatic heterocycles. The van der Waals surface area contributed by atoms with E-state index in [-0.39, 0.29) is 11.8 Å². The number of aromatic nitrogens is 2. The summed E-state index contributed by atoms with van der Waals surface area (Å²) in [5.74, 6) is 0.275. The molecular formula is C24H22N4O2S. The smallest absolute Gasteiger partial charge is 0.255 e. The van der Waals surface area contributed by atoms with Crippen molar-refractivity contribution < 1.29 is 9.59 Å². The molecule has 31 heavy (non-hydrogen) atoms. The molecule has 0 spiro atoms. The van der Waals surface area contributed by atoms with Crippen LogP contribution in [0.4, 0.5) is 5.69 Å². The van der Waals surface area contributed by atoms with E-state index >= 15 is 0 Å². The summed E-state index contributed by atoms with van der Waals surface area (Å²) in [7, 11) is 3.40. The predicted octanol–water partition coefficient (Wildman–Crippen LogP) is 4.81. The van der Waals surface area contributed by atoms with Crippen molar-refractivity contribution in [2.45, 2.75) is 10.9 Å². The van der Waals surface area contributed by atoms with Crippen LogP contribution in [-0.2, 0) is 5.75 Å². The summed E-state index contributed by atoms with van der Waals surface area (Å²) in [5, 5.41) is 3.72. The summed E-state index contributed by atoms with van der Waals surface area (Å²) in [6, 6.07) is 22.3. The molecule has 0 fully saturated rings. The van der Waals surface area contributed by atoms with Crippen LogP contribution >= 0.6 is 11.8 Å². The maximum absolute atomic E-state index is 13.0. The molecule has 2 N–H and O–H groups in total. The van der Waals surface area contributed by atoms with Crippen molar-refractivity contribution in [3.63, 3.8) is 0 Å². The Kier molecular flexibility index (Phi) is 6.04. The molecule has 7 heteroatoms. The van der Waals surface area contributed by atoms with Crippen LogP contribution < -0.4 is 5.32 Å². The zero-order valence-electron chi connectivity index (χ0n) is 17.3. The third-order valence-corrected chi connectivity index (χ3v) is 5.69. The Hall–Kier alpha value is -3.58. The van der Waals surface area contributed by atoms with Crippen molar-refractivity contribution in [1.82, 2.24) is 14.9 Å². The van der Waals surface area contributed by atoms with Crippen LogP contribution in [0.5, 0.6) is 0 Å². The molecule has 1 heterocycles. The van der Waals surface area contributed by atoms with Crippen molar-refractivity contribution in [1.29, 1.82) is 0 Å². The number of nitrogens with one attached hydrogen (secondary N) is 2. The highest BCUT2D eigenvalue weighted by atomic mass is 32.2. The first-order valence-corrected chi connectivity index (χ1v) is 10.8. The lowest BCUT2D eigenvalue weighted by molar-refractivity contribution is 0.0827. The van der Waals surface area contributed by atoms with E-state index in [9.17, 15) is 9.59 Å². The van der Waals surface area contributed by atoms with Crippen molar-refractivity contribution in [3.05, 3.63) is 89.5 Å². The van der Waals surface area contributed by atoms with Crippen LogP contribution in [0.2, 0.25) is 0 Å². The Labute approximate surface area is 184 Å². The Bertz CT molecular complexity index is 1220. The van der Waals surface area contributed by atoms with Crippen molar-refractivity contribution in [2.24, 2.45) is 0 Å². The van der Waals surface area contributed by atoms with Gasteiger partial charge in [0.1, 0.15) is 0 Å². The molecule has 6 nitrogen and oxygen atoms in total. The fourth-order valence-corrected chi connectivity index (χ4v) is 4.09. The largest absolute Gasteiger partial charge is 0.345 e. The van der Waals surface area contributed by atoms with Crippen molar-refractivity contribution in [3.8, 4) is 0 Å². The number of rotatable bonds is 6. The van der Waals surface area contributed by atoms with E-state index in [0.29, 0.717) is 22.6 Å². The number of benzene rings is 3. The Morgan fingerprint density at radius 2 is 1.77 bits per heavy atom. The molecule has 0 saturated heterocycles. The summed E-state index contributed by atoms with van der Waals surface area (Å²) < 4.78 is 0. The number of carbonyl (C=O) groups excluding carboxylic acids is 2. The SMILES string of the molecule is CN(C)C(=O)c1cccc(NC(=O)c2ccccc2CSc2nc3ccccc3[nH]2)c1. The number of nitrogens with zero attached hydrogens (tertiary/aromatic N) is 2. The molecule has 4 aromatic rings. The molecule has 2 amide bonds. The van der Waals surface area contributed by atoms with E-state index in [1.54, 1.807) is 56.2 Å². The fraction of sp³-hybridized carbons (Fsp3) is 0.125. The van der Waals surface area contributed by atoms with Crippen molar-refractivity contribution >= 4 is 40.3 Å². The predicted molar refractivity (Wildman–Crippen MR) is 125 cm³/mol. The van der Waals surface area contributed by atoms with E-state index < -0.39 is 0 Å².